The summed E-state index contributed by atoms with van der Waals surface area (Å²) < 4.78 is 0. The van der Waals surface area contributed by atoms with Gasteiger partial charge in [0.1, 0.15) is 5.82 Å². The van der Waals surface area contributed by atoms with Gasteiger partial charge in [0, 0.05) is 24.7 Å². The summed E-state index contributed by atoms with van der Waals surface area (Å²) in [6.45, 7) is 4.99. The van der Waals surface area contributed by atoms with Crippen molar-refractivity contribution in [1.29, 1.82) is 0 Å². The van der Waals surface area contributed by atoms with Crippen LogP contribution in [0, 0.1) is 6.92 Å². The number of aryl methyl sites for hydroxylation is 1. The van der Waals surface area contributed by atoms with Gasteiger partial charge in [-0.1, -0.05) is 13.0 Å². The van der Waals surface area contributed by atoms with E-state index in [4.69, 9.17) is 5.73 Å². The van der Waals surface area contributed by atoms with Crippen LogP contribution in [-0.4, -0.2) is 23.1 Å². The molecule has 0 aliphatic carbocycles. The molecule has 0 amide bonds. The smallest absolute Gasteiger partial charge is 0.131 e. The first-order valence-electron chi connectivity index (χ1n) is 6.89. The van der Waals surface area contributed by atoms with Crippen LogP contribution in [-0.2, 0) is 13.0 Å². The van der Waals surface area contributed by atoms with Crippen molar-refractivity contribution >= 4 is 17.2 Å². The van der Waals surface area contributed by atoms with Gasteiger partial charge in [-0.15, -0.1) is 11.3 Å². The van der Waals surface area contributed by atoms with E-state index in [-0.39, 0.29) is 6.04 Å². The molecule has 0 spiro atoms. The third kappa shape index (κ3) is 3.77. The minimum absolute atomic E-state index is 0.217. The van der Waals surface area contributed by atoms with Crippen molar-refractivity contribution in [2.24, 2.45) is 5.73 Å². The molecule has 2 aromatic rings. The summed E-state index contributed by atoms with van der Waals surface area (Å²) in [5.74, 6) is 1.01. The number of nitrogens with zero attached hydrogens (tertiary/aromatic N) is 3. The van der Waals surface area contributed by atoms with Crippen LogP contribution in [0.15, 0.2) is 23.2 Å². The minimum Gasteiger partial charge on any atom is -0.354 e. The second-order valence-electron chi connectivity index (χ2n) is 5.19. The summed E-state index contributed by atoms with van der Waals surface area (Å²) in [5, 5.41) is 2.07. The third-order valence-electron chi connectivity index (χ3n) is 3.37. The molecule has 0 bridgehead atoms. The highest BCUT2D eigenvalue weighted by Gasteiger charge is 2.10. The lowest BCUT2D eigenvalue weighted by Gasteiger charge is -2.20. The molecule has 0 saturated heterocycles. The lowest BCUT2D eigenvalue weighted by atomic mass is 10.0. The summed E-state index contributed by atoms with van der Waals surface area (Å²) >= 11 is 1.62. The van der Waals surface area contributed by atoms with Crippen molar-refractivity contribution in [3.63, 3.8) is 0 Å². The first-order chi connectivity index (χ1) is 9.60. The first-order valence-corrected chi connectivity index (χ1v) is 7.83. The van der Waals surface area contributed by atoms with Gasteiger partial charge in [-0.2, -0.15) is 0 Å². The van der Waals surface area contributed by atoms with Crippen LogP contribution in [0.3, 0.4) is 0 Å². The normalized spacial score (nSPS) is 12.4. The van der Waals surface area contributed by atoms with Crippen LogP contribution in [0.1, 0.15) is 30.2 Å². The van der Waals surface area contributed by atoms with Crippen LogP contribution in [0.25, 0.3) is 0 Å². The molecule has 108 valence electrons. The molecule has 2 aromatic heterocycles. The van der Waals surface area contributed by atoms with E-state index in [9.17, 15) is 0 Å². The van der Waals surface area contributed by atoms with E-state index in [1.54, 1.807) is 11.3 Å². The van der Waals surface area contributed by atoms with Crippen LogP contribution >= 0.6 is 11.3 Å². The fourth-order valence-electron chi connectivity index (χ4n) is 2.22. The second kappa shape index (κ2) is 6.81. The summed E-state index contributed by atoms with van der Waals surface area (Å²) in [7, 11) is 2.05. The van der Waals surface area contributed by atoms with Gasteiger partial charge in [-0.3, -0.25) is 0 Å². The molecule has 4 nitrogen and oxygen atoms in total. The average molecular weight is 290 g/mol. The van der Waals surface area contributed by atoms with E-state index in [1.165, 1.54) is 11.1 Å². The lowest BCUT2D eigenvalue weighted by molar-refractivity contribution is 0.644. The van der Waals surface area contributed by atoms with Crippen molar-refractivity contribution in [1.82, 2.24) is 9.97 Å². The standard InChI is InChI=1S/C15H22N4S/c1-4-13(16)6-12-5-11(2)15(17-7-12)19(3)8-14-9-20-10-18-14/h5,7,9-10,13H,4,6,8,16H2,1-3H3. The third-order valence-corrected chi connectivity index (χ3v) is 4.01. The van der Waals surface area contributed by atoms with Gasteiger partial charge < -0.3 is 10.6 Å². The second-order valence-corrected chi connectivity index (χ2v) is 5.91. The highest BCUT2D eigenvalue weighted by atomic mass is 32.1. The van der Waals surface area contributed by atoms with Crippen LogP contribution in [0.5, 0.6) is 0 Å². The molecule has 5 heteroatoms. The van der Waals surface area contributed by atoms with Crippen LogP contribution in [0.2, 0.25) is 0 Å². The van der Waals surface area contributed by atoms with Crippen molar-refractivity contribution < 1.29 is 0 Å². The zero-order chi connectivity index (χ0) is 14.5. The zero-order valence-corrected chi connectivity index (χ0v) is 13.2. The number of pyridine rings is 1. The maximum Gasteiger partial charge on any atom is 0.131 e. The molecule has 1 unspecified atom stereocenters. The number of hydrogen-bond acceptors (Lipinski definition) is 5. The van der Waals surface area contributed by atoms with E-state index < -0.39 is 0 Å². The minimum atomic E-state index is 0.217. The Bertz CT molecular complexity index is 539. The van der Waals surface area contributed by atoms with Gasteiger partial charge in [-0.25, -0.2) is 9.97 Å². The molecule has 0 aromatic carbocycles. The van der Waals surface area contributed by atoms with E-state index in [1.807, 2.05) is 18.8 Å². The zero-order valence-electron chi connectivity index (χ0n) is 12.3. The number of anilines is 1. The maximum absolute atomic E-state index is 6.00. The van der Waals surface area contributed by atoms with E-state index in [0.717, 1.165) is 30.9 Å². The quantitative estimate of drug-likeness (QED) is 0.889. The maximum atomic E-state index is 6.00. The fraction of sp³-hybridized carbons (Fsp3) is 0.467. The molecular weight excluding hydrogens is 268 g/mol. The van der Waals surface area contributed by atoms with E-state index in [2.05, 4.69) is 40.2 Å². The molecule has 2 heterocycles. The number of rotatable bonds is 6. The number of aromatic nitrogens is 2. The fourth-order valence-corrected chi connectivity index (χ4v) is 2.77. The molecule has 2 N–H and O–H groups in total. The average Bonchev–Trinajstić information content (AvgIpc) is 2.91. The first kappa shape index (κ1) is 14.9. The van der Waals surface area contributed by atoms with Gasteiger partial charge in [0.15, 0.2) is 0 Å². The van der Waals surface area contributed by atoms with Crippen LogP contribution < -0.4 is 10.6 Å². The number of nitrogens with two attached hydrogens (primary N) is 1. The largest absolute Gasteiger partial charge is 0.354 e. The summed E-state index contributed by atoms with van der Waals surface area (Å²) in [5.41, 5.74) is 11.3. The summed E-state index contributed by atoms with van der Waals surface area (Å²) in [6.07, 6.45) is 3.82. The molecule has 20 heavy (non-hydrogen) atoms. The monoisotopic (exact) mass is 290 g/mol. The Morgan fingerprint density at radius 3 is 2.80 bits per heavy atom. The van der Waals surface area contributed by atoms with Crippen molar-refractivity contribution in [3.05, 3.63) is 40.0 Å². The Morgan fingerprint density at radius 1 is 1.40 bits per heavy atom. The van der Waals surface area contributed by atoms with Gasteiger partial charge in [0.25, 0.3) is 0 Å². The van der Waals surface area contributed by atoms with Gasteiger partial charge in [0.05, 0.1) is 17.7 Å². The molecule has 0 aliphatic rings. The summed E-state index contributed by atoms with van der Waals surface area (Å²) in [4.78, 5) is 11.0. The number of hydrogen-bond donors (Lipinski definition) is 1. The topological polar surface area (TPSA) is 55.0 Å². The molecular formula is C15H22N4S. The number of thiazole rings is 1. The van der Waals surface area contributed by atoms with Crippen molar-refractivity contribution in [2.75, 3.05) is 11.9 Å². The Morgan fingerprint density at radius 2 is 2.20 bits per heavy atom. The molecule has 0 fully saturated rings. The van der Waals surface area contributed by atoms with E-state index in [0.29, 0.717) is 0 Å². The van der Waals surface area contributed by atoms with E-state index >= 15 is 0 Å². The van der Waals surface area contributed by atoms with Crippen molar-refractivity contribution in [3.8, 4) is 0 Å². The predicted octanol–water partition coefficient (Wildman–Crippen LogP) is 2.76. The van der Waals surface area contributed by atoms with Gasteiger partial charge in [-0.05, 0) is 30.9 Å². The Balaban J connectivity index is 2.08. The lowest BCUT2D eigenvalue weighted by Crippen LogP contribution is -2.22. The highest BCUT2D eigenvalue weighted by Crippen LogP contribution is 2.19. The van der Waals surface area contributed by atoms with Gasteiger partial charge >= 0.3 is 0 Å². The summed E-state index contributed by atoms with van der Waals surface area (Å²) in [6, 6.07) is 2.41. The predicted molar refractivity (Wildman–Crippen MR) is 85.2 cm³/mol. The molecule has 0 aliphatic heterocycles. The van der Waals surface area contributed by atoms with Gasteiger partial charge in [0.2, 0.25) is 0 Å². The highest BCUT2D eigenvalue weighted by molar-refractivity contribution is 7.07. The Kier molecular flexibility index (Phi) is 5.09. The molecule has 1 atom stereocenters. The SMILES string of the molecule is CCC(N)Cc1cnc(N(C)Cc2cscn2)c(C)c1. The Labute approximate surface area is 124 Å². The molecule has 2 rings (SSSR count). The Hall–Kier alpha value is -1.46. The molecule has 0 radical (unpaired) electrons. The molecule has 0 saturated carbocycles. The van der Waals surface area contributed by atoms with Crippen molar-refractivity contribution in [2.45, 2.75) is 39.3 Å². The van der Waals surface area contributed by atoms with Crippen LogP contribution in [0.4, 0.5) is 5.82 Å².